The van der Waals surface area contributed by atoms with E-state index in [-0.39, 0.29) is 17.3 Å². The molecule has 0 atom stereocenters. The minimum atomic E-state index is -2.65. The summed E-state index contributed by atoms with van der Waals surface area (Å²) in [4.78, 5) is 4.72. The van der Waals surface area contributed by atoms with Crippen molar-refractivity contribution < 1.29 is 13.2 Å². The van der Waals surface area contributed by atoms with Gasteiger partial charge in [-0.15, -0.1) is 0 Å². The van der Waals surface area contributed by atoms with Gasteiger partial charge in [-0.2, -0.15) is 5.10 Å². The molecule has 0 unspecified atom stereocenters. The van der Waals surface area contributed by atoms with Crippen LogP contribution in [0.25, 0.3) is 28.0 Å². The number of halogens is 3. The van der Waals surface area contributed by atoms with E-state index in [4.69, 9.17) is 4.98 Å². The number of aryl methyl sites for hydroxylation is 1. The first-order valence-electron chi connectivity index (χ1n) is 9.56. The van der Waals surface area contributed by atoms with Crippen molar-refractivity contribution >= 4 is 11.0 Å². The first-order valence-corrected chi connectivity index (χ1v) is 9.56. The highest BCUT2D eigenvalue weighted by atomic mass is 19.3. The van der Waals surface area contributed by atoms with E-state index >= 15 is 0 Å². The Hall–Kier alpha value is -3.15. The standard InChI is InChI=1S/C23H18F3N3/c1-13-2-4-14(5-3-13)19-12-18(22(25)26)20-21(15-6-7-15)28-29(23(20)27-19)17-10-8-16(24)9-11-17/h2-5,8-12,15,22H,6-7H2,1H3. The molecule has 0 saturated heterocycles. The third-order valence-corrected chi connectivity index (χ3v) is 5.31. The number of pyridine rings is 1. The molecule has 0 amide bonds. The average molecular weight is 393 g/mol. The second-order valence-corrected chi connectivity index (χ2v) is 7.51. The fourth-order valence-corrected chi connectivity index (χ4v) is 3.62. The molecule has 1 fully saturated rings. The van der Waals surface area contributed by atoms with Crippen molar-refractivity contribution in [3.05, 3.63) is 77.2 Å². The van der Waals surface area contributed by atoms with Crippen LogP contribution >= 0.6 is 0 Å². The van der Waals surface area contributed by atoms with Crippen LogP contribution in [0.3, 0.4) is 0 Å². The SMILES string of the molecule is Cc1ccc(-c2cc(C(F)F)c3c(C4CC4)nn(-c4ccc(F)cc4)c3n2)cc1. The Morgan fingerprint density at radius 1 is 1.00 bits per heavy atom. The Morgan fingerprint density at radius 3 is 2.31 bits per heavy atom. The largest absolute Gasteiger partial charge is 0.264 e. The topological polar surface area (TPSA) is 30.7 Å². The molecule has 3 nitrogen and oxygen atoms in total. The molecule has 1 aliphatic carbocycles. The Morgan fingerprint density at radius 2 is 1.69 bits per heavy atom. The average Bonchev–Trinajstić information content (AvgIpc) is 3.49. The van der Waals surface area contributed by atoms with Crippen LogP contribution in [0.15, 0.2) is 54.6 Å². The van der Waals surface area contributed by atoms with Crippen LogP contribution in [-0.4, -0.2) is 14.8 Å². The summed E-state index contributed by atoms with van der Waals surface area (Å²) in [7, 11) is 0. The maximum absolute atomic E-state index is 14.1. The molecular formula is C23H18F3N3. The van der Waals surface area contributed by atoms with Crippen molar-refractivity contribution in [2.24, 2.45) is 0 Å². The van der Waals surface area contributed by atoms with Crippen molar-refractivity contribution in [3.63, 3.8) is 0 Å². The zero-order valence-electron chi connectivity index (χ0n) is 15.7. The molecule has 4 aromatic rings. The summed E-state index contributed by atoms with van der Waals surface area (Å²) in [6.45, 7) is 1.97. The van der Waals surface area contributed by atoms with Crippen LogP contribution in [0.5, 0.6) is 0 Å². The maximum Gasteiger partial charge on any atom is 0.264 e. The van der Waals surface area contributed by atoms with Crippen molar-refractivity contribution in [1.82, 2.24) is 14.8 Å². The van der Waals surface area contributed by atoms with E-state index in [1.165, 1.54) is 18.2 Å². The quantitative estimate of drug-likeness (QED) is 0.404. The van der Waals surface area contributed by atoms with E-state index in [0.717, 1.165) is 24.0 Å². The predicted octanol–water partition coefficient (Wildman–Crippen LogP) is 6.35. The van der Waals surface area contributed by atoms with Crippen LogP contribution in [0.2, 0.25) is 0 Å². The third kappa shape index (κ3) is 3.18. The lowest BCUT2D eigenvalue weighted by Gasteiger charge is -2.09. The molecule has 146 valence electrons. The van der Waals surface area contributed by atoms with Crippen molar-refractivity contribution in [3.8, 4) is 16.9 Å². The van der Waals surface area contributed by atoms with E-state index in [9.17, 15) is 13.2 Å². The molecule has 1 saturated carbocycles. The smallest absolute Gasteiger partial charge is 0.228 e. The van der Waals surface area contributed by atoms with Crippen LogP contribution in [0.1, 0.15) is 42.0 Å². The van der Waals surface area contributed by atoms with E-state index in [1.54, 1.807) is 16.8 Å². The van der Waals surface area contributed by atoms with E-state index in [1.807, 2.05) is 31.2 Å². The van der Waals surface area contributed by atoms with Crippen LogP contribution in [0, 0.1) is 12.7 Å². The molecule has 1 aliphatic rings. The number of fused-ring (bicyclic) bond motifs is 1. The number of benzene rings is 2. The van der Waals surface area contributed by atoms with Crippen molar-refractivity contribution in [2.45, 2.75) is 32.1 Å². The molecule has 2 heterocycles. The Kier molecular flexibility index (Phi) is 4.15. The Balaban J connectivity index is 1.80. The molecule has 0 spiro atoms. The lowest BCUT2D eigenvalue weighted by Crippen LogP contribution is -2.00. The molecule has 0 N–H and O–H groups in total. The lowest BCUT2D eigenvalue weighted by atomic mass is 10.0. The molecule has 5 rings (SSSR count). The molecule has 0 radical (unpaired) electrons. The summed E-state index contributed by atoms with van der Waals surface area (Å²) in [6, 6.07) is 14.9. The second-order valence-electron chi connectivity index (χ2n) is 7.51. The number of hydrogen-bond donors (Lipinski definition) is 0. The summed E-state index contributed by atoms with van der Waals surface area (Å²) < 4.78 is 43.1. The summed E-state index contributed by atoms with van der Waals surface area (Å²) in [6.07, 6.45) is -0.788. The Labute approximate surface area is 165 Å². The van der Waals surface area contributed by atoms with Gasteiger partial charge in [0.1, 0.15) is 5.82 Å². The van der Waals surface area contributed by atoms with Crippen LogP contribution in [-0.2, 0) is 0 Å². The predicted molar refractivity (Wildman–Crippen MR) is 106 cm³/mol. The molecule has 6 heteroatoms. The van der Waals surface area contributed by atoms with E-state index < -0.39 is 6.43 Å². The zero-order valence-corrected chi connectivity index (χ0v) is 15.7. The number of alkyl halides is 2. The number of aromatic nitrogens is 3. The minimum Gasteiger partial charge on any atom is -0.228 e. The van der Waals surface area contributed by atoms with E-state index in [2.05, 4.69) is 5.10 Å². The van der Waals surface area contributed by atoms with E-state index in [0.29, 0.717) is 28.1 Å². The summed E-state index contributed by atoms with van der Waals surface area (Å²) in [5, 5.41) is 5.06. The normalized spacial score (nSPS) is 14.1. The second kappa shape index (κ2) is 6.72. The number of nitrogens with zero attached hydrogens (tertiary/aromatic N) is 3. The molecule has 29 heavy (non-hydrogen) atoms. The van der Waals surface area contributed by atoms with Gasteiger partial charge in [-0.25, -0.2) is 22.8 Å². The Bertz CT molecular complexity index is 1190. The van der Waals surface area contributed by atoms with Gasteiger partial charge < -0.3 is 0 Å². The van der Waals surface area contributed by atoms with Gasteiger partial charge >= 0.3 is 0 Å². The maximum atomic E-state index is 14.1. The van der Waals surface area contributed by atoms with Gasteiger partial charge in [0, 0.05) is 17.0 Å². The highest BCUT2D eigenvalue weighted by Gasteiger charge is 2.33. The summed E-state index contributed by atoms with van der Waals surface area (Å²) in [5.74, 6) is -0.196. The number of rotatable bonds is 4. The highest BCUT2D eigenvalue weighted by Crippen LogP contribution is 2.45. The van der Waals surface area contributed by atoms with Gasteiger partial charge in [0.25, 0.3) is 6.43 Å². The van der Waals surface area contributed by atoms with Gasteiger partial charge in [0.2, 0.25) is 0 Å². The zero-order chi connectivity index (χ0) is 20.1. The van der Waals surface area contributed by atoms with Crippen molar-refractivity contribution in [1.29, 1.82) is 0 Å². The molecule has 2 aromatic carbocycles. The fraction of sp³-hybridized carbons (Fsp3) is 0.217. The van der Waals surface area contributed by atoms with Gasteiger partial charge in [-0.05, 0) is 50.1 Å². The third-order valence-electron chi connectivity index (χ3n) is 5.31. The van der Waals surface area contributed by atoms with Gasteiger partial charge in [-0.3, -0.25) is 0 Å². The van der Waals surface area contributed by atoms with Gasteiger partial charge in [-0.1, -0.05) is 29.8 Å². The van der Waals surface area contributed by atoms with Gasteiger partial charge in [0.05, 0.1) is 22.5 Å². The van der Waals surface area contributed by atoms with Crippen LogP contribution in [0.4, 0.5) is 13.2 Å². The summed E-state index contributed by atoms with van der Waals surface area (Å²) in [5.41, 5.74) is 3.89. The minimum absolute atomic E-state index is 0.0548. The monoisotopic (exact) mass is 393 g/mol. The molecule has 2 aromatic heterocycles. The van der Waals surface area contributed by atoms with Crippen LogP contribution < -0.4 is 0 Å². The number of hydrogen-bond acceptors (Lipinski definition) is 2. The molecule has 0 aliphatic heterocycles. The molecular weight excluding hydrogens is 375 g/mol. The first kappa shape index (κ1) is 17.9. The lowest BCUT2D eigenvalue weighted by molar-refractivity contribution is 0.153. The molecule has 0 bridgehead atoms. The first-order chi connectivity index (χ1) is 14.0. The highest BCUT2D eigenvalue weighted by molar-refractivity contribution is 5.87. The summed E-state index contributed by atoms with van der Waals surface area (Å²) >= 11 is 0. The fourth-order valence-electron chi connectivity index (χ4n) is 3.62. The van der Waals surface area contributed by atoms with Gasteiger partial charge in [0.15, 0.2) is 5.65 Å². The van der Waals surface area contributed by atoms with Crippen molar-refractivity contribution in [2.75, 3.05) is 0 Å².